The van der Waals surface area contributed by atoms with E-state index >= 15 is 0 Å². The molecule has 3 rings (SSSR count). The fourth-order valence-electron chi connectivity index (χ4n) is 2.31. The number of alkyl halides is 3. The Bertz CT molecular complexity index is 928. The van der Waals surface area contributed by atoms with Crippen molar-refractivity contribution in [2.45, 2.75) is 23.5 Å². The quantitative estimate of drug-likeness (QED) is 0.622. The summed E-state index contributed by atoms with van der Waals surface area (Å²) in [5.74, 6) is -0.0177. The molecule has 0 saturated carbocycles. The van der Waals surface area contributed by atoms with Crippen LogP contribution < -0.4 is 5.32 Å². The lowest BCUT2D eigenvalue weighted by Crippen LogP contribution is -2.24. The van der Waals surface area contributed by atoms with E-state index in [0.717, 1.165) is 23.4 Å². The molecule has 0 fully saturated rings. The molecular formula is C18H15F3N4OS. The zero-order valence-corrected chi connectivity index (χ0v) is 14.9. The van der Waals surface area contributed by atoms with Gasteiger partial charge in [0.05, 0.1) is 16.5 Å². The number of aromatic amines is 1. The third-order valence-electron chi connectivity index (χ3n) is 3.65. The van der Waals surface area contributed by atoms with E-state index in [9.17, 15) is 18.0 Å². The summed E-state index contributed by atoms with van der Waals surface area (Å²) < 4.78 is 39.1. The van der Waals surface area contributed by atoms with Crippen molar-refractivity contribution in [1.82, 2.24) is 15.2 Å². The SMILES string of the molecule is C[C@@H](Sc1n[nH]c(-c2ccccc2)n1)C(=O)Nc1ccccc1C(F)(F)F. The van der Waals surface area contributed by atoms with Gasteiger partial charge in [-0.15, -0.1) is 5.10 Å². The number of halogens is 3. The lowest BCUT2D eigenvalue weighted by molar-refractivity contribution is -0.137. The number of carbonyl (C=O) groups is 1. The maximum Gasteiger partial charge on any atom is 0.418 e. The number of nitrogens with zero attached hydrogens (tertiary/aromatic N) is 2. The second kappa shape index (κ2) is 7.83. The summed E-state index contributed by atoms with van der Waals surface area (Å²) in [6.07, 6.45) is -4.55. The highest BCUT2D eigenvalue weighted by molar-refractivity contribution is 8.00. The van der Waals surface area contributed by atoms with E-state index in [1.165, 1.54) is 18.2 Å². The van der Waals surface area contributed by atoms with Crippen LogP contribution in [0.5, 0.6) is 0 Å². The molecule has 0 aliphatic heterocycles. The fraction of sp³-hybridized carbons (Fsp3) is 0.167. The molecule has 1 aromatic heterocycles. The molecule has 1 amide bonds. The van der Waals surface area contributed by atoms with E-state index in [0.29, 0.717) is 11.0 Å². The predicted octanol–water partition coefficient (Wildman–Crippen LogP) is 4.61. The van der Waals surface area contributed by atoms with Crippen LogP contribution >= 0.6 is 11.8 Å². The van der Waals surface area contributed by atoms with Crippen molar-refractivity contribution in [3.8, 4) is 11.4 Å². The molecule has 2 N–H and O–H groups in total. The molecule has 1 heterocycles. The average molecular weight is 392 g/mol. The second-order valence-electron chi connectivity index (χ2n) is 5.63. The number of nitrogens with one attached hydrogen (secondary N) is 2. The van der Waals surface area contributed by atoms with Crippen molar-refractivity contribution in [2.75, 3.05) is 5.32 Å². The zero-order chi connectivity index (χ0) is 19.4. The van der Waals surface area contributed by atoms with Crippen LogP contribution in [0.1, 0.15) is 12.5 Å². The van der Waals surface area contributed by atoms with E-state index < -0.39 is 22.9 Å². The van der Waals surface area contributed by atoms with Gasteiger partial charge in [0.2, 0.25) is 11.1 Å². The van der Waals surface area contributed by atoms with Crippen molar-refractivity contribution in [1.29, 1.82) is 0 Å². The van der Waals surface area contributed by atoms with Crippen LogP contribution in [-0.4, -0.2) is 26.3 Å². The summed E-state index contributed by atoms with van der Waals surface area (Å²) in [5, 5.41) is 8.80. The van der Waals surface area contributed by atoms with Gasteiger partial charge in [0.1, 0.15) is 0 Å². The zero-order valence-electron chi connectivity index (χ0n) is 14.1. The molecule has 3 aromatic rings. The molecule has 5 nitrogen and oxygen atoms in total. The normalized spacial score (nSPS) is 12.6. The topological polar surface area (TPSA) is 70.7 Å². The first-order valence-electron chi connectivity index (χ1n) is 7.96. The molecule has 0 bridgehead atoms. The number of para-hydroxylation sites is 1. The van der Waals surface area contributed by atoms with Crippen LogP contribution in [0.25, 0.3) is 11.4 Å². The largest absolute Gasteiger partial charge is 0.418 e. The number of aromatic nitrogens is 3. The third kappa shape index (κ3) is 4.68. The summed E-state index contributed by atoms with van der Waals surface area (Å²) >= 11 is 1.05. The van der Waals surface area contributed by atoms with Crippen LogP contribution in [0, 0.1) is 0 Å². The molecule has 0 radical (unpaired) electrons. The van der Waals surface area contributed by atoms with Crippen molar-refractivity contribution in [2.24, 2.45) is 0 Å². The van der Waals surface area contributed by atoms with Gasteiger partial charge in [-0.05, 0) is 19.1 Å². The molecule has 9 heteroatoms. The summed E-state index contributed by atoms with van der Waals surface area (Å²) in [6, 6.07) is 14.2. The van der Waals surface area contributed by atoms with Gasteiger partial charge in [-0.1, -0.05) is 54.2 Å². The molecule has 140 valence electrons. The van der Waals surface area contributed by atoms with E-state index in [2.05, 4.69) is 20.5 Å². The van der Waals surface area contributed by atoms with Crippen molar-refractivity contribution in [3.63, 3.8) is 0 Å². The van der Waals surface area contributed by atoms with E-state index in [1.807, 2.05) is 30.3 Å². The lowest BCUT2D eigenvalue weighted by atomic mass is 10.1. The molecule has 0 saturated heterocycles. The second-order valence-corrected chi connectivity index (χ2v) is 6.93. The standard InChI is InChI=1S/C18H15F3N4OS/c1-11(16(26)22-14-10-6-5-9-13(14)18(19,20)21)27-17-23-15(24-25-17)12-7-3-2-4-8-12/h2-11H,1H3,(H,22,26)(H,23,24,25)/t11-/m1/s1. The van der Waals surface area contributed by atoms with Crippen LogP contribution in [-0.2, 0) is 11.0 Å². The van der Waals surface area contributed by atoms with Gasteiger partial charge in [-0.2, -0.15) is 13.2 Å². The van der Waals surface area contributed by atoms with E-state index in [4.69, 9.17) is 0 Å². The predicted molar refractivity (Wildman–Crippen MR) is 97.2 cm³/mol. The van der Waals surface area contributed by atoms with E-state index in [-0.39, 0.29) is 5.69 Å². The number of benzene rings is 2. The Balaban J connectivity index is 1.68. The smallest absolute Gasteiger partial charge is 0.325 e. The molecular weight excluding hydrogens is 377 g/mol. The van der Waals surface area contributed by atoms with Crippen LogP contribution in [0.2, 0.25) is 0 Å². The van der Waals surface area contributed by atoms with Gasteiger partial charge >= 0.3 is 6.18 Å². The van der Waals surface area contributed by atoms with Crippen molar-refractivity contribution in [3.05, 3.63) is 60.2 Å². The average Bonchev–Trinajstić information content (AvgIpc) is 3.10. The first-order valence-corrected chi connectivity index (χ1v) is 8.84. The first-order chi connectivity index (χ1) is 12.8. The molecule has 0 unspecified atom stereocenters. The highest BCUT2D eigenvalue weighted by Crippen LogP contribution is 2.35. The Kier molecular flexibility index (Phi) is 5.50. The Hall–Kier alpha value is -2.81. The van der Waals surface area contributed by atoms with Crippen LogP contribution in [0.4, 0.5) is 18.9 Å². The molecule has 27 heavy (non-hydrogen) atoms. The third-order valence-corrected chi connectivity index (χ3v) is 4.61. The van der Waals surface area contributed by atoms with Crippen molar-refractivity contribution < 1.29 is 18.0 Å². The summed E-state index contributed by atoms with van der Waals surface area (Å²) in [5.41, 5.74) is -0.324. The number of anilines is 1. The molecule has 0 aliphatic rings. The highest BCUT2D eigenvalue weighted by Gasteiger charge is 2.34. The number of hydrogen-bond donors (Lipinski definition) is 2. The van der Waals surface area contributed by atoms with Gasteiger partial charge in [0.15, 0.2) is 5.82 Å². The van der Waals surface area contributed by atoms with Crippen LogP contribution in [0.15, 0.2) is 59.8 Å². The maximum absolute atomic E-state index is 13.0. The van der Waals surface area contributed by atoms with E-state index in [1.54, 1.807) is 6.92 Å². The van der Waals surface area contributed by atoms with Gasteiger partial charge in [-0.3, -0.25) is 9.89 Å². The maximum atomic E-state index is 13.0. The monoisotopic (exact) mass is 392 g/mol. The minimum absolute atomic E-state index is 0.276. The summed E-state index contributed by atoms with van der Waals surface area (Å²) in [4.78, 5) is 16.6. The van der Waals surface area contributed by atoms with Crippen LogP contribution in [0.3, 0.4) is 0 Å². The van der Waals surface area contributed by atoms with Gasteiger partial charge in [-0.25, -0.2) is 4.98 Å². The number of H-pyrrole nitrogens is 1. The minimum atomic E-state index is -4.55. The number of thioether (sulfide) groups is 1. The molecule has 0 aliphatic carbocycles. The molecule has 2 aromatic carbocycles. The Morgan fingerprint density at radius 3 is 2.48 bits per heavy atom. The number of carbonyl (C=O) groups excluding carboxylic acids is 1. The number of amides is 1. The Labute approximate surface area is 157 Å². The Morgan fingerprint density at radius 1 is 1.11 bits per heavy atom. The molecule has 0 spiro atoms. The van der Waals surface area contributed by atoms with Gasteiger partial charge < -0.3 is 5.32 Å². The number of rotatable bonds is 5. The first kappa shape index (κ1) is 19.0. The molecule has 1 atom stereocenters. The highest BCUT2D eigenvalue weighted by atomic mass is 32.2. The Morgan fingerprint density at radius 2 is 1.78 bits per heavy atom. The minimum Gasteiger partial charge on any atom is -0.325 e. The van der Waals surface area contributed by atoms with Gasteiger partial charge in [0.25, 0.3) is 0 Å². The summed E-state index contributed by atoms with van der Waals surface area (Å²) in [7, 11) is 0. The lowest BCUT2D eigenvalue weighted by Gasteiger charge is -2.15. The van der Waals surface area contributed by atoms with Crippen molar-refractivity contribution >= 4 is 23.4 Å². The fourth-order valence-corrected chi connectivity index (χ4v) is 3.03. The number of hydrogen-bond acceptors (Lipinski definition) is 4. The summed E-state index contributed by atoms with van der Waals surface area (Å²) in [6.45, 7) is 1.58. The van der Waals surface area contributed by atoms with Gasteiger partial charge in [0, 0.05) is 5.56 Å².